The summed E-state index contributed by atoms with van der Waals surface area (Å²) < 4.78 is 71.4. The van der Waals surface area contributed by atoms with Gasteiger partial charge in [-0.2, -0.15) is 17.5 Å². The highest BCUT2D eigenvalue weighted by Crippen LogP contribution is 2.29. The van der Waals surface area contributed by atoms with Crippen molar-refractivity contribution in [2.24, 2.45) is 13.0 Å². The molecule has 0 bridgehead atoms. The molecular weight excluding hydrogens is 385 g/mol. The molecule has 0 saturated carbocycles. The number of ether oxygens (including phenoxy) is 1. The average Bonchev–Trinajstić information content (AvgIpc) is 3.07. The van der Waals surface area contributed by atoms with Gasteiger partial charge in [0.05, 0.1) is 12.9 Å². The van der Waals surface area contributed by atoms with Crippen molar-refractivity contribution >= 4 is 10.0 Å². The van der Waals surface area contributed by atoms with E-state index < -0.39 is 21.9 Å². The summed E-state index contributed by atoms with van der Waals surface area (Å²) in [6.45, 7) is 0.803. The summed E-state index contributed by atoms with van der Waals surface area (Å²) in [4.78, 5) is 7.35. The summed E-state index contributed by atoms with van der Waals surface area (Å²) in [5.41, 5.74) is -1.00. The molecule has 7 nitrogen and oxygen atoms in total. The highest BCUT2D eigenvalue weighted by Gasteiger charge is 2.33. The molecule has 0 N–H and O–H groups in total. The maximum atomic E-state index is 12.7. The Kier molecular flexibility index (Phi) is 5.43. The molecule has 0 atom stereocenters. The quantitative estimate of drug-likeness (QED) is 0.764. The molecule has 0 amide bonds. The molecule has 2 aromatic heterocycles. The Morgan fingerprint density at radius 2 is 1.96 bits per heavy atom. The molecule has 1 saturated heterocycles. The Hall–Kier alpha value is -2.14. The van der Waals surface area contributed by atoms with Crippen LogP contribution in [0.3, 0.4) is 0 Å². The maximum absolute atomic E-state index is 12.7. The number of halogens is 3. The molecule has 0 aliphatic carbocycles. The van der Waals surface area contributed by atoms with Crippen LogP contribution in [-0.2, 0) is 23.2 Å². The summed E-state index contributed by atoms with van der Waals surface area (Å²) in [5, 5.41) is 0.00728. The number of sulfonamides is 1. The molecule has 0 radical (unpaired) electrons. The predicted octanol–water partition coefficient (Wildman–Crippen LogP) is 2.31. The van der Waals surface area contributed by atoms with Crippen LogP contribution in [0.25, 0.3) is 0 Å². The van der Waals surface area contributed by atoms with E-state index in [4.69, 9.17) is 4.74 Å². The molecule has 148 valence electrons. The van der Waals surface area contributed by atoms with Crippen LogP contribution in [0.1, 0.15) is 18.5 Å². The van der Waals surface area contributed by atoms with Crippen molar-refractivity contribution in [3.05, 3.63) is 36.4 Å². The number of hydrogen-bond donors (Lipinski definition) is 0. The van der Waals surface area contributed by atoms with Crippen molar-refractivity contribution in [2.45, 2.75) is 24.0 Å². The van der Waals surface area contributed by atoms with Crippen LogP contribution >= 0.6 is 0 Å². The molecule has 0 unspecified atom stereocenters. The van der Waals surface area contributed by atoms with Crippen LogP contribution in [-0.4, -0.2) is 47.0 Å². The fourth-order valence-electron chi connectivity index (χ4n) is 2.83. The number of alkyl halides is 3. The molecule has 3 heterocycles. The van der Waals surface area contributed by atoms with Gasteiger partial charge < -0.3 is 9.30 Å². The fourth-order valence-corrected chi connectivity index (χ4v) is 4.26. The molecule has 1 aliphatic heterocycles. The number of rotatable bonds is 5. The lowest BCUT2D eigenvalue weighted by atomic mass is 9.99. The lowest BCUT2D eigenvalue weighted by Crippen LogP contribution is -2.39. The van der Waals surface area contributed by atoms with Crippen LogP contribution < -0.4 is 4.74 Å². The van der Waals surface area contributed by atoms with Crippen molar-refractivity contribution in [1.82, 2.24) is 18.8 Å². The number of pyridine rings is 1. The van der Waals surface area contributed by atoms with Crippen molar-refractivity contribution in [1.29, 1.82) is 0 Å². The second-order valence-corrected chi connectivity index (χ2v) is 8.28. The number of aryl methyl sites for hydroxylation is 1. The van der Waals surface area contributed by atoms with Gasteiger partial charge in [-0.1, -0.05) is 6.07 Å². The number of hydrogen-bond acceptors (Lipinski definition) is 5. The third-order valence-electron chi connectivity index (χ3n) is 4.34. The summed E-state index contributed by atoms with van der Waals surface area (Å²) in [5.74, 6) is -0.0510. The first-order valence-electron chi connectivity index (χ1n) is 8.31. The first-order chi connectivity index (χ1) is 12.7. The lowest BCUT2D eigenvalue weighted by Gasteiger charge is -2.30. The van der Waals surface area contributed by atoms with Gasteiger partial charge >= 0.3 is 6.18 Å². The first-order valence-corrected chi connectivity index (χ1v) is 9.75. The van der Waals surface area contributed by atoms with E-state index in [1.165, 1.54) is 29.0 Å². The molecule has 1 fully saturated rings. The largest absolute Gasteiger partial charge is 0.477 e. The number of aromatic nitrogens is 3. The third-order valence-corrected chi connectivity index (χ3v) is 6.12. The van der Waals surface area contributed by atoms with Gasteiger partial charge in [-0.15, -0.1) is 0 Å². The van der Waals surface area contributed by atoms with Crippen LogP contribution in [0, 0.1) is 5.92 Å². The van der Waals surface area contributed by atoms with Crippen LogP contribution in [0.5, 0.6) is 5.88 Å². The first kappa shape index (κ1) is 19.6. The smallest absolute Gasteiger partial charge is 0.433 e. The average molecular weight is 404 g/mol. The van der Waals surface area contributed by atoms with E-state index in [1.807, 2.05) is 0 Å². The highest BCUT2D eigenvalue weighted by atomic mass is 32.2. The number of imidazole rings is 1. The highest BCUT2D eigenvalue weighted by molar-refractivity contribution is 7.89. The van der Waals surface area contributed by atoms with Gasteiger partial charge in [0.15, 0.2) is 5.03 Å². The number of nitrogens with zero attached hydrogens (tertiary/aromatic N) is 4. The van der Waals surface area contributed by atoms with Crippen LogP contribution in [0.15, 0.2) is 35.7 Å². The zero-order valence-electron chi connectivity index (χ0n) is 14.6. The van der Waals surface area contributed by atoms with Crippen LogP contribution in [0.2, 0.25) is 0 Å². The summed E-state index contributed by atoms with van der Waals surface area (Å²) in [7, 11) is -1.94. The van der Waals surface area contributed by atoms with E-state index in [0.29, 0.717) is 25.9 Å². The Labute approximate surface area is 154 Å². The minimum Gasteiger partial charge on any atom is -0.477 e. The second-order valence-electron chi connectivity index (χ2n) is 6.39. The molecule has 11 heteroatoms. The Balaban J connectivity index is 1.54. The molecule has 0 spiro atoms. The summed E-state index contributed by atoms with van der Waals surface area (Å²) in [6, 6.07) is 3.50. The monoisotopic (exact) mass is 404 g/mol. The minimum atomic E-state index is -4.52. The number of piperidine rings is 1. The maximum Gasteiger partial charge on any atom is 0.433 e. The van der Waals surface area contributed by atoms with Gasteiger partial charge in [-0.05, 0) is 24.8 Å². The van der Waals surface area contributed by atoms with E-state index in [2.05, 4.69) is 9.97 Å². The van der Waals surface area contributed by atoms with Crippen molar-refractivity contribution < 1.29 is 26.3 Å². The zero-order chi connectivity index (χ0) is 19.7. The normalized spacial score (nSPS) is 17.2. The van der Waals surface area contributed by atoms with Crippen molar-refractivity contribution in [2.75, 3.05) is 19.7 Å². The van der Waals surface area contributed by atoms with Gasteiger partial charge in [0.1, 0.15) is 5.69 Å². The van der Waals surface area contributed by atoms with E-state index >= 15 is 0 Å². The van der Waals surface area contributed by atoms with E-state index in [-0.39, 0.29) is 23.4 Å². The molecule has 2 aromatic rings. The van der Waals surface area contributed by atoms with Gasteiger partial charge in [-0.3, -0.25) is 0 Å². The van der Waals surface area contributed by atoms with E-state index in [0.717, 1.165) is 6.07 Å². The van der Waals surface area contributed by atoms with Gasteiger partial charge in [0, 0.05) is 32.4 Å². The van der Waals surface area contributed by atoms with Gasteiger partial charge in [0.25, 0.3) is 10.0 Å². The lowest BCUT2D eigenvalue weighted by molar-refractivity contribution is -0.141. The Bertz CT molecular complexity index is 890. The molecule has 0 aromatic carbocycles. The van der Waals surface area contributed by atoms with Gasteiger partial charge in [0.2, 0.25) is 5.88 Å². The second kappa shape index (κ2) is 7.47. The molecule has 3 rings (SSSR count). The fraction of sp³-hybridized carbons (Fsp3) is 0.500. The van der Waals surface area contributed by atoms with E-state index in [9.17, 15) is 21.6 Å². The molecule has 27 heavy (non-hydrogen) atoms. The summed E-state index contributed by atoms with van der Waals surface area (Å²) >= 11 is 0. The van der Waals surface area contributed by atoms with E-state index in [1.54, 1.807) is 11.6 Å². The van der Waals surface area contributed by atoms with Gasteiger partial charge in [-0.25, -0.2) is 18.4 Å². The SMILES string of the molecule is Cn1cnc(S(=O)(=O)N2CCC(COc3cccc(C(F)(F)F)n3)CC2)c1. The molecule has 1 aliphatic rings. The third kappa shape index (κ3) is 4.59. The predicted molar refractivity (Wildman–Crippen MR) is 89.4 cm³/mol. The minimum absolute atomic E-state index is 0.00728. The summed E-state index contributed by atoms with van der Waals surface area (Å²) in [6.07, 6.45) is -0.556. The standard InChI is InChI=1S/C16H19F3N4O3S/c1-22-9-15(20-11-22)27(24,25)23-7-5-12(6-8-23)10-26-14-4-2-3-13(21-14)16(17,18)19/h2-4,9,11-12H,5-8,10H2,1H3. The topological polar surface area (TPSA) is 77.3 Å². The van der Waals surface area contributed by atoms with Crippen molar-refractivity contribution in [3.8, 4) is 5.88 Å². The molecular formula is C16H19F3N4O3S. The van der Waals surface area contributed by atoms with Crippen molar-refractivity contribution in [3.63, 3.8) is 0 Å². The zero-order valence-corrected chi connectivity index (χ0v) is 15.4. The Morgan fingerprint density at radius 1 is 1.26 bits per heavy atom. The van der Waals surface area contributed by atoms with Crippen LogP contribution in [0.4, 0.5) is 13.2 Å². The Morgan fingerprint density at radius 3 is 2.56 bits per heavy atom.